The van der Waals surface area contributed by atoms with Gasteiger partial charge in [-0.15, -0.1) is 11.3 Å². The second-order valence-corrected chi connectivity index (χ2v) is 6.81. The van der Waals surface area contributed by atoms with E-state index in [0.717, 1.165) is 16.1 Å². The highest BCUT2D eigenvalue weighted by molar-refractivity contribution is 7.13. The van der Waals surface area contributed by atoms with Crippen molar-refractivity contribution in [3.05, 3.63) is 65.3 Å². The third-order valence-electron chi connectivity index (χ3n) is 4.07. The van der Waals surface area contributed by atoms with Crippen LogP contribution >= 0.6 is 11.3 Å². The van der Waals surface area contributed by atoms with Gasteiger partial charge in [-0.3, -0.25) is 0 Å². The average Bonchev–Trinajstić information content (AvgIpc) is 3.28. The predicted molar refractivity (Wildman–Crippen MR) is 97.5 cm³/mol. The lowest BCUT2D eigenvalue weighted by Gasteiger charge is -2.11. The number of ether oxygens (including phenoxy) is 1. The van der Waals surface area contributed by atoms with Crippen LogP contribution in [0.15, 0.2) is 53.9 Å². The molecular formula is C19H14F3N3OS. The Morgan fingerprint density at radius 3 is 2.52 bits per heavy atom. The minimum atomic E-state index is -4.57. The van der Waals surface area contributed by atoms with Crippen LogP contribution in [0.1, 0.15) is 11.4 Å². The Balaban J connectivity index is 2.09. The minimum Gasteiger partial charge on any atom is -0.378 e. The normalized spacial score (nSPS) is 12.0. The van der Waals surface area contributed by atoms with E-state index in [1.54, 1.807) is 17.5 Å². The number of methoxy groups -OCH3 is 1. The molecule has 0 aliphatic carbocycles. The topological polar surface area (TPSA) is 39.4 Å². The summed E-state index contributed by atoms with van der Waals surface area (Å²) in [5.74, 6) is 0. The lowest BCUT2D eigenvalue weighted by atomic mass is 10.1. The van der Waals surface area contributed by atoms with Gasteiger partial charge in [0, 0.05) is 7.11 Å². The van der Waals surface area contributed by atoms with E-state index in [2.05, 4.69) is 10.1 Å². The summed E-state index contributed by atoms with van der Waals surface area (Å²) in [6.45, 7) is 0.0826. The van der Waals surface area contributed by atoms with Gasteiger partial charge in [0.15, 0.2) is 11.3 Å². The summed E-state index contributed by atoms with van der Waals surface area (Å²) < 4.78 is 47.3. The van der Waals surface area contributed by atoms with Crippen LogP contribution in [0.3, 0.4) is 0 Å². The second kappa shape index (κ2) is 6.79. The number of halogens is 3. The fourth-order valence-corrected chi connectivity index (χ4v) is 3.64. The van der Waals surface area contributed by atoms with E-state index < -0.39 is 11.9 Å². The smallest absolute Gasteiger partial charge is 0.378 e. The molecule has 0 saturated heterocycles. The summed E-state index contributed by atoms with van der Waals surface area (Å²) in [7, 11) is 1.48. The van der Waals surface area contributed by atoms with Crippen molar-refractivity contribution in [3.8, 4) is 21.7 Å². The molecule has 4 aromatic rings. The van der Waals surface area contributed by atoms with Crippen LogP contribution in [0.4, 0.5) is 13.2 Å². The Bertz CT molecular complexity index is 1070. The van der Waals surface area contributed by atoms with Crippen LogP contribution in [0.25, 0.3) is 27.3 Å². The van der Waals surface area contributed by atoms with Crippen LogP contribution in [-0.2, 0) is 17.5 Å². The summed E-state index contributed by atoms with van der Waals surface area (Å²) in [4.78, 5) is 5.19. The Morgan fingerprint density at radius 2 is 1.89 bits per heavy atom. The van der Waals surface area contributed by atoms with Gasteiger partial charge >= 0.3 is 6.18 Å². The monoisotopic (exact) mass is 389 g/mol. The molecule has 4 rings (SSSR count). The highest BCUT2D eigenvalue weighted by atomic mass is 32.1. The summed E-state index contributed by atoms with van der Waals surface area (Å²) in [6, 6.07) is 13.7. The molecule has 0 N–H and O–H groups in total. The molecule has 0 bridgehead atoms. The van der Waals surface area contributed by atoms with Crippen molar-refractivity contribution in [2.45, 2.75) is 12.8 Å². The SMILES string of the molecule is COCc1nn2c(C(F)(F)F)cc(-c3cccs3)nc2c1-c1ccccc1. The van der Waals surface area contributed by atoms with Crippen molar-refractivity contribution < 1.29 is 17.9 Å². The molecule has 4 nitrogen and oxygen atoms in total. The van der Waals surface area contributed by atoms with Crippen molar-refractivity contribution in [3.63, 3.8) is 0 Å². The minimum absolute atomic E-state index is 0.0826. The van der Waals surface area contributed by atoms with Crippen LogP contribution < -0.4 is 0 Å². The highest BCUT2D eigenvalue weighted by Crippen LogP contribution is 2.37. The number of thiophene rings is 1. The van der Waals surface area contributed by atoms with Crippen molar-refractivity contribution >= 4 is 17.0 Å². The van der Waals surface area contributed by atoms with E-state index in [-0.39, 0.29) is 17.9 Å². The van der Waals surface area contributed by atoms with Gasteiger partial charge in [0.2, 0.25) is 0 Å². The molecule has 0 fully saturated rings. The predicted octanol–water partition coefficient (Wildman–Crippen LogP) is 5.29. The highest BCUT2D eigenvalue weighted by Gasteiger charge is 2.36. The maximum atomic E-state index is 13.8. The fraction of sp³-hybridized carbons (Fsp3) is 0.158. The van der Waals surface area contributed by atoms with Crippen molar-refractivity contribution in [2.75, 3.05) is 7.11 Å². The van der Waals surface area contributed by atoms with Gasteiger partial charge in [-0.05, 0) is 23.1 Å². The average molecular weight is 389 g/mol. The zero-order valence-electron chi connectivity index (χ0n) is 14.2. The summed E-state index contributed by atoms with van der Waals surface area (Å²) in [5.41, 5.74) is 1.25. The van der Waals surface area contributed by atoms with Gasteiger partial charge in [-0.1, -0.05) is 36.4 Å². The quantitative estimate of drug-likeness (QED) is 0.476. The van der Waals surface area contributed by atoms with Crippen molar-refractivity contribution in [2.24, 2.45) is 0 Å². The zero-order chi connectivity index (χ0) is 19.0. The first kappa shape index (κ1) is 17.7. The largest absolute Gasteiger partial charge is 0.433 e. The summed E-state index contributed by atoms with van der Waals surface area (Å²) in [6.07, 6.45) is -4.57. The molecule has 138 valence electrons. The van der Waals surface area contributed by atoms with Gasteiger partial charge in [0.05, 0.1) is 28.4 Å². The number of hydrogen-bond donors (Lipinski definition) is 0. The first-order chi connectivity index (χ1) is 13.0. The van der Waals surface area contributed by atoms with E-state index in [0.29, 0.717) is 16.1 Å². The molecule has 0 amide bonds. The summed E-state index contributed by atoms with van der Waals surface area (Å²) >= 11 is 1.34. The van der Waals surface area contributed by atoms with Gasteiger partial charge in [0.25, 0.3) is 0 Å². The van der Waals surface area contributed by atoms with Gasteiger partial charge in [-0.25, -0.2) is 9.50 Å². The Hall–Kier alpha value is -2.71. The van der Waals surface area contributed by atoms with E-state index in [9.17, 15) is 13.2 Å². The molecule has 3 heterocycles. The Morgan fingerprint density at radius 1 is 1.11 bits per heavy atom. The Labute approximate surface area is 156 Å². The molecule has 1 aromatic carbocycles. The maximum absolute atomic E-state index is 13.8. The number of alkyl halides is 3. The maximum Gasteiger partial charge on any atom is 0.433 e. The number of nitrogens with zero attached hydrogens (tertiary/aromatic N) is 3. The lowest BCUT2D eigenvalue weighted by molar-refractivity contribution is -0.142. The molecule has 0 saturated carbocycles. The van der Waals surface area contributed by atoms with Crippen LogP contribution in [0.5, 0.6) is 0 Å². The molecule has 3 aromatic heterocycles. The molecule has 0 aliphatic heterocycles. The molecule has 0 spiro atoms. The van der Waals surface area contributed by atoms with E-state index in [1.807, 2.05) is 30.3 Å². The number of hydrogen-bond acceptors (Lipinski definition) is 4. The van der Waals surface area contributed by atoms with Crippen LogP contribution in [0.2, 0.25) is 0 Å². The van der Waals surface area contributed by atoms with E-state index in [1.165, 1.54) is 18.4 Å². The molecule has 0 radical (unpaired) electrons. The fourth-order valence-electron chi connectivity index (χ4n) is 2.95. The van der Waals surface area contributed by atoms with E-state index in [4.69, 9.17) is 4.74 Å². The molecule has 0 atom stereocenters. The van der Waals surface area contributed by atoms with E-state index >= 15 is 0 Å². The summed E-state index contributed by atoms with van der Waals surface area (Å²) in [5, 5.41) is 5.99. The molecule has 0 aliphatic rings. The molecular weight excluding hydrogens is 375 g/mol. The van der Waals surface area contributed by atoms with Gasteiger partial charge in [-0.2, -0.15) is 18.3 Å². The second-order valence-electron chi connectivity index (χ2n) is 5.86. The van der Waals surface area contributed by atoms with Gasteiger partial charge < -0.3 is 4.74 Å². The number of benzene rings is 1. The number of rotatable bonds is 4. The lowest BCUT2D eigenvalue weighted by Crippen LogP contribution is -2.13. The first-order valence-corrected chi connectivity index (χ1v) is 8.95. The third-order valence-corrected chi connectivity index (χ3v) is 4.96. The van der Waals surface area contributed by atoms with Crippen LogP contribution in [-0.4, -0.2) is 21.7 Å². The first-order valence-electron chi connectivity index (χ1n) is 8.07. The standard InChI is InChI=1S/C19H14F3N3OS/c1-26-11-14-17(12-6-3-2-4-7-12)18-23-13(15-8-5-9-27-15)10-16(19(20,21)22)25(18)24-14/h2-10H,11H2,1H3. The van der Waals surface area contributed by atoms with Gasteiger partial charge in [0.1, 0.15) is 0 Å². The third kappa shape index (κ3) is 3.22. The Kier molecular flexibility index (Phi) is 4.45. The van der Waals surface area contributed by atoms with Crippen LogP contribution in [0, 0.1) is 0 Å². The van der Waals surface area contributed by atoms with Crippen molar-refractivity contribution in [1.82, 2.24) is 14.6 Å². The molecule has 27 heavy (non-hydrogen) atoms. The number of fused-ring (bicyclic) bond motifs is 1. The zero-order valence-corrected chi connectivity index (χ0v) is 15.0. The molecule has 8 heteroatoms. The molecule has 0 unspecified atom stereocenters. The number of aromatic nitrogens is 3. The van der Waals surface area contributed by atoms with Crippen molar-refractivity contribution in [1.29, 1.82) is 0 Å².